The molecule has 1 N–H and O–H groups in total. The SMILES string of the molecule is O=C(NS(=O)(=O)c1ccc(C(F)(F)F)cc1)C1Cc2ccc(F)cc21. The summed E-state index contributed by atoms with van der Waals surface area (Å²) in [6, 6.07) is 6.69. The molecule has 0 saturated heterocycles. The first-order valence-electron chi connectivity index (χ1n) is 7.10. The van der Waals surface area contributed by atoms with Gasteiger partial charge in [-0.05, 0) is 53.9 Å². The molecule has 0 heterocycles. The van der Waals surface area contributed by atoms with E-state index in [1.54, 1.807) is 0 Å². The minimum absolute atomic E-state index is 0.268. The summed E-state index contributed by atoms with van der Waals surface area (Å²) in [5.74, 6) is -2.20. The van der Waals surface area contributed by atoms with Crippen molar-refractivity contribution in [1.29, 1.82) is 0 Å². The summed E-state index contributed by atoms with van der Waals surface area (Å²) in [5, 5.41) is 0. The molecule has 0 aliphatic heterocycles. The van der Waals surface area contributed by atoms with E-state index < -0.39 is 44.3 Å². The maximum Gasteiger partial charge on any atom is 0.416 e. The number of carbonyl (C=O) groups is 1. The quantitative estimate of drug-likeness (QED) is 0.842. The highest BCUT2D eigenvalue weighted by Crippen LogP contribution is 2.36. The molecular weight excluding hydrogens is 362 g/mol. The van der Waals surface area contributed by atoms with E-state index in [0.717, 1.165) is 23.8 Å². The Hall–Kier alpha value is -2.42. The van der Waals surface area contributed by atoms with E-state index in [9.17, 15) is 30.8 Å². The van der Waals surface area contributed by atoms with Crippen molar-refractivity contribution in [2.75, 3.05) is 0 Å². The standard InChI is InChI=1S/C16H11F4NO3S/c17-11-4-1-9-7-14(13(9)8-11)15(22)21-25(23,24)12-5-2-10(3-6-12)16(18,19)20/h1-6,8,14H,7H2,(H,21,22). The van der Waals surface area contributed by atoms with Gasteiger partial charge in [0.25, 0.3) is 10.0 Å². The van der Waals surface area contributed by atoms with Crippen LogP contribution in [0.4, 0.5) is 17.6 Å². The largest absolute Gasteiger partial charge is 0.416 e. The number of alkyl halides is 3. The molecule has 9 heteroatoms. The van der Waals surface area contributed by atoms with E-state index >= 15 is 0 Å². The number of hydrogen-bond donors (Lipinski definition) is 1. The van der Waals surface area contributed by atoms with Crippen LogP contribution in [0.25, 0.3) is 0 Å². The van der Waals surface area contributed by atoms with Crippen molar-refractivity contribution in [3.63, 3.8) is 0 Å². The van der Waals surface area contributed by atoms with E-state index in [1.807, 2.05) is 4.72 Å². The second-order valence-electron chi connectivity index (χ2n) is 5.59. The van der Waals surface area contributed by atoms with Gasteiger partial charge in [-0.1, -0.05) is 6.07 Å². The average molecular weight is 373 g/mol. The van der Waals surface area contributed by atoms with Crippen molar-refractivity contribution < 1.29 is 30.8 Å². The summed E-state index contributed by atoms with van der Waals surface area (Å²) in [6.07, 6.45) is -4.32. The molecule has 2 aromatic carbocycles. The number of halogens is 4. The maximum atomic E-state index is 13.2. The van der Waals surface area contributed by atoms with Crippen LogP contribution in [-0.4, -0.2) is 14.3 Å². The summed E-state index contributed by atoms with van der Waals surface area (Å²) in [5.41, 5.74) is 0.148. The van der Waals surface area contributed by atoms with Gasteiger partial charge in [-0.3, -0.25) is 4.79 Å². The summed E-state index contributed by atoms with van der Waals surface area (Å²) in [7, 11) is -4.32. The molecule has 1 aliphatic carbocycles. The zero-order chi connectivity index (χ0) is 18.4. The lowest BCUT2D eigenvalue weighted by atomic mass is 9.77. The molecule has 1 aliphatic rings. The van der Waals surface area contributed by atoms with Crippen molar-refractivity contribution in [3.05, 3.63) is 65.0 Å². The molecule has 0 aromatic heterocycles. The second-order valence-corrected chi connectivity index (χ2v) is 7.27. The third-order valence-corrected chi connectivity index (χ3v) is 5.31. The topological polar surface area (TPSA) is 63.2 Å². The van der Waals surface area contributed by atoms with Crippen molar-refractivity contribution in [2.45, 2.75) is 23.4 Å². The van der Waals surface area contributed by atoms with Gasteiger partial charge in [-0.25, -0.2) is 17.5 Å². The molecule has 4 nitrogen and oxygen atoms in total. The Morgan fingerprint density at radius 1 is 1.08 bits per heavy atom. The van der Waals surface area contributed by atoms with Gasteiger partial charge in [0.05, 0.1) is 16.4 Å². The van der Waals surface area contributed by atoms with Crippen molar-refractivity contribution in [1.82, 2.24) is 4.72 Å². The predicted molar refractivity (Wildman–Crippen MR) is 79.6 cm³/mol. The molecular formula is C16H11F4NO3S. The highest BCUT2D eigenvalue weighted by atomic mass is 32.2. The van der Waals surface area contributed by atoms with Crippen LogP contribution in [-0.2, 0) is 27.4 Å². The van der Waals surface area contributed by atoms with Crippen LogP contribution in [0, 0.1) is 5.82 Å². The van der Waals surface area contributed by atoms with Crippen LogP contribution in [0.3, 0.4) is 0 Å². The Labute approximate surface area is 140 Å². The Bertz CT molecular complexity index is 937. The molecule has 25 heavy (non-hydrogen) atoms. The number of benzene rings is 2. The molecule has 0 fully saturated rings. The van der Waals surface area contributed by atoms with E-state index in [1.165, 1.54) is 12.1 Å². The van der Waals surface area contributed by atoms with Crippen LogP contribution in [0.15, 0.2) is 47.4 Å². The van der Waals surface area contributed by atoms with Crippen LogP contribution in [0.2, 0.25) is 0 Å². The van der Waals surface area contributed by atoms with Crippen molar-refractivity contribution >= 4 is 15.9 Å². The maximum absolute atomic E-state index is 13.2. The van der Waals surface area contributed by atoms with E-state index in [0.29, 0.717) is 17.7 Å². The first-order valence-corrected chi connectivity index (χ1v) is 8.58. The van der Waals surface area contributed by atoms with Gasteiger partial charge in [-0.2, -0.15) is 13.2 Å². The molecule has 0 saturated carbocycles. The van der Waals surface area contributed by atoms with Crippen LogP contribution in [0.5, 0.6) is 0 Å². The van der Waals surface area contributed by atoms with Gasteiger partial charge in [0, 0.05) is 0 Å². The first-order chi connectivity index (χ1) is 11.6. The van der Waals surface area contributed by atoms with Crippen LogP contribution in [0.1, 0.15) is 22.6 Å². The highest BCUT2D eigenvalue weighted by Gasteiger charge is 2.35. The van der Waals surface area contributed by atoms with Gasteiger partial charge >= 0.3 is 6.18 Å². The average Bonchev–Trinajstić information content (AvgIpc) is 2.49. The summed E-state index contributed by atoms with van der Waals surface area (Å²) in [4.78, 5) is 11.7. The summed E-state index contributed by atoms with van der Waals surface area (Å²) in [6.45, 7) is 0. The van der Waals surface area contributed by atoms with E-state index in [-0.39, 0.29) is 6.42 Å². The molecule has 0 radical (unpaired) electrons. The number of amides is 1. The van der Waals surface area contributed by atoms with Gasteiger partial charge in [0.15, 0.2) is 0 Å². The van der Waals surface area contributed by atoms with Gasteiger partial charge in [-0.15, -0.1) is 0 Å². The summed E-state index contributed by atoms with van der Waals surface area (Å²) < 4.78 is 76.8. The fraction of sp³-hybridized carbons (Fsp3) is 0.188. The molecule has 3 rings (SSSR count). The Kier molecular flexibility index (Phi) is 4.06. The van der Waals surface area contributed by atoms with Gasteiger partial charge in [0.1, 0.15) is 5.82 Å². The number of carbonyl (C=O) groups excluding carboxylic acids is 1. The molecule has 1 unspecified atom stereocenters. The molecule has 2 aromatic rings. The number of nitrogens with one attached hydrogen (secondary N) is 1. The molecule has 0 spiro atoms. The third-order valence-electron chi connectivity index (χ3n) is 3.95. The highest BCUT2D eigenvalue weighted by molar-refractivity contribution is 7.90. The third kappa shape index (κ3) is 3.37. The zero-order valence-corrected chi connectivity index (χ0v) is 13.3. The lowest BCUT2D eigenvalue weighted by Crippen LogP contribution is -2.39. The first kappa shape index (κ1) is 17.4. The summed E-state index contributed by atoms with van der Waals surface area (Å²) >= 11 is 0. The van der Waals surface area contributed by atoms with Crippen LogP contribution < -0.4 is 4.72 Å². The number of rotatable bonds is 3. The van der Waals surface area contributed by atoms with E-state index in [4.69, 9.17) is 0 Å². The second kappa shape index (κ2) is 5.83. The number of hydrogen-bond acceptors (Lipinski definition) is 3. The Morgan fingerprint density at radius 3 is 2.32 bits per heavy atom. The molecule has 0 bridgehead atoms. The van der Waals surface area contributed by atoms with Gasteiger partial charge in [0.2, 0.25) is 5.91 Å². The molecule has 1 atom stereocenters. The number of fused-ring (bicyclic) bond motifs is 1. The Morgan fingerprint density at radius 2 is 1.72 bits per heavy atom. The fourth-order valence-corrected chi connectivity index (χ4v) is 3.61. The predicted octanol–water partition coefficient (Wildman–Crippen LogP) is 2.99. The lowest BCUT2D eigenvalue weighted by molar-refractivity contribution is -0.137. The molecule has 1 amide bonds. The van der Waals surface area contributed by atoms with Crippen molar-refractivity contribution in [2.24, 2.45) is 0 Å². The van der Waals surface area contributed by atoms with Crippen LogP contribution >= 0.6 is 0 Å². The fourth-order valence-electron chi connectivity index (χ4n) is 2.59. The lowest BCUT2D eigenvalue weighted by Gasteiger charge is -2.28. The smallest absolute Gasteiger partial charge is 0.273 e. The minimum atomic E-state index is -4.59. The Balaban J connectivity index is 1.77. The van der Waals surface area contributed by atoms with Crippen molar-refractivity contribution in [3.8, 4) is 0 Å². The van der Waals surface area contributed by atoms with E-state index in [2.05, 4.69) is 0 Å². The molecule has 132 valence electrons. The number of sulfonamides is 1. The minimum Gasteiger partial charge on any atom is -0.273 e. The monoisotopic (exact) mass is 373 g/mol. The zero-order valence-electron chi connectivity index (χ0n) is 12.5. The van der Waals surface area contributed by atoms with Gasteiger partial charge < -0.3 is 0 Å². The normalized spacial score (nSPS) is 16.7.